The van der Waals surface area contributed by atoms with Crippen LogP contribution >= 0.6 is 11.8 Å². The zero-order chi connectivity index (χ0) is 22.6. The standard InChI is InChI=1S/C20H28N4O6S2/c25-19(21-3-4-22-5-9-29-10-6-22)14-24-17-13-16(1-2-18(17)31-15-20(24)26)32(27,28)23-7-11-30-12-8-23/h1-2,13H,3-12,14-15H2,(H,21,25). The van der Waals surface area contributed by atoms with Crippen molar-refractivity contribution in [3.8, 4) is 0 Å². The minimum absolute atomic E-state index is 0.117. The van der Waals surface area contributed by atoms with Gasteiger partial charge >= 0.3 is 0 Å². The molecule has 0 unspecified atom stereocenters. The minimum Gasteiger partial charge on any atom is -0.379 e. The molecular weight excluding hydrogens is 456 g/mol. The van der Waals surface area contributed by atoms with Crippen molar-refractivity contribution in [1.29, 1.82) is 0 Å². The Morgan fingerprint density at radius 3 is 2.47 bits per heavy atom. The molecular formula is C20H28N4O6S2. The van der Waals surface area contributed by atoms with E-state index in [9.17, 15) is 18.0 Å². The first-order valence-electron chi connectivity index (χ1n) is 10.7. The number of morpholine rings is 2. The van der Waals surface area contributed by atoms with Gasteiger partial charge in [0.15, 0.2) is 0 Å². The van der Waals surface area contributed by atoms with Crippen molar-refractivity contribution in [2.24, 2.45) is 0 Å². The maximum Gasteiger partial charge on any atom is 0.243 e. The number of rotatable bonds is 7. The summed E-state index contributed by atoms with van der Waals surface area (Å²) in [5, 5.41) is 2.86. The lowest BCUT2D eigenvalue weighted by Crippen LogP contribution is -2.46. The van der Waals surface area contributed by atoms with Gasteiger partial charge in [0.2, 0.25) is 21.8 Å². The number of hydrogen-bond donors (Lipinski definition) is 1. The van der Waals surface area contributed by atoms with Gasteiger partial charge in [-0.15, -0.1) is 11.8 Å². The lowest BCUT2D eigenvalue weighted by Gasteiger charge is -2.30. The summed E-state index contributed by atoms with van der Waals surface area (Å²) in [6.45, 7) is 5.43. The monoisotopic (exact) mass is 484 g/mol. The van der Waals surface area contributed by atoms with Crippen molar-refractivity contribution < 1.29 is 27.5 Å². The summed E-state index contributed by atoms with van der Waals surface area (Å²) in [6, 6.07) is 4.78. The maximum absolute atomic E-state index is 13.0. The van der Waals surface area contributed by atoms with E-state index in [1.54, 1.807) is 12.1 Å². The summed E-state index contributed by atoms with van der Waals surface area (Å²) in [5.41, 5.74) is 0.462. The van der Waals surface area contributed by atoms with Gasteiger partial charge < -0.3 is 19.7 Å². The van der Waals surface area contributed by atoms with E-state index >= 15 is 0 Å². The third-order valence-electron chi connectivity index (χ3n) is 5.64. The number of nitrogens with zero attached hydrogens (tertiary/aromatic N) is 3. The van der Waals surface area contributed by atoms with Gasteiger partial charge in [0.1, 0.15) is 6.54 Å². The molecule has 0 radical (unpaired) electrons. The van der Waals surface area contributed by atoms with Gasteiger partial charge in [-0.3, -0.25) is 14.5 Å². The highest BCUT2D eigenvalue weighted by Gasteiger charge is 2.31. The predicted octanol–water partition coefficient (Wildman–Crippen LogP) is -0.405. The Kier molecular flexibility index (Phi) is 7.69. The van der Waals surface area contributed by atoms with Crippen LogP contribution in [-0.2, 0) is 29.1 Å². The third-order valence-corrected chi connectivity index (χ3v) is 8.58. The molecule has 2 fully saturated rings. The van der Waals surface area contributed by atoms with Gasteiger partial charge in [0.25, 0.3) is 0 Å². The molecule has 1 aromatic rings. The fourth-order valence-corrected chi connectivity index (χ4v) is 6.17. The van der Waals surface area contributed by atoms with Crippen molar-refractivity contribution in [2.45, 2.75) is 9.79 Å². The molecule has 176 valence electrons. The molecule has 32 heavy (non-hydrogen) atoms. The zero-order valence-corrected chi connectivity index (χ0v) is 19.5. The van der Waals surface area contributed by atoms with Crippen LogP contribution in [0.25, 0.3) is 0 Å². The molecule has 2 amide bonds. The molecule has 12 heteroatoms. The Morgan fingerprint density at radius 1 is 1.06 bits per heavy atom. The van der Waals surface area contributed by atoms with Crippen molar-refractivity contribution in [2.75, 3.05) is 82.9 Å². The first-order chi connectivity index (χ1) is 15.4. The molecule has 3 aliphatic heterocycles. The largest absolute Gasteiger partial charge is 0.379 e. The van der Waals surface area contributed by atoms with E-state index in [0.29, 0.717) is 51.7 Å². The number of fused-ring (bicyclic) bond motifs is 1. The predicted molar refractivity (Wildman–Crippen MR) is 119 cm³/mol. The summed E-state index contributed by atoms with van der Waals surface area (Å²) in [6.07, 6.45) is 0. The van der Waals surface area contributed by atoms with E-state index in [1.807, 2.05) is 0 Å². The van der Waals surface area contributed by atoms with Crippen LogP contribution in [-0.4, -0.2) is 107 Å². The number of carbonyl (C=O) groups excluding carboxylic acids is 2. The normalized spacial score (nSPS) is 20.8. The first kappa shape index (κ1) is 23.5. The van der Waals surface area contributed by atoms with Crippen LogP contribution in [0.2, 0.25) is 0 Å². The summed E-state index contributed by atoms with van der Waals surface area (Å²) in [7, 11) is -3.70. The van der Waals surface area contributed by atoms with Crippen molar-refractivity contribution in [3.05, 3.63) is 18.2 Å². The third kappa shape index (κ3) is 5.43. The van der Waals surface area contributed by atoms with Crippen molar-refractivity contribution >= 4 is 39.3 Å². The van der Waals surface area contributed by atoms with Gasteiger partial charge in [0.05, 0.1) is 42.8 Å². The fraction of sp³-hybridized carbons (Fsp3) is 0.600. The van der Waals surface area contributed by atoms with E-state index in [0.717, 1.165) is 24.5 Å². The Labute approximate surface area is 192 Å². The van der Waals surface area contributed by atoms with Gasteiger partial charge in [-0.1, -0.05) is 0 Å². The van der Waals surface area contributed by atoms with E-state index in [2.05, 4.69) is 10.2 Å². The highest BCUT2D eigenvalue weighted by molar-refractivity contribution is 8.00. The number of sulfonamides is 1. The quantitative estimate of drug-likeness (QED) is 0.557. The number of amides is 2. The van der Waals surface area contributed by atoms with Gasteiger partial charge in [-0.05, 0) is 18.2 Å². The van der Waals surface area contributed by atoms with Crippen LogP contribution in [0.5, 0.6) is 0 Å². The van der Waals surface area contributed by atoms with Crippen LogP contribution in [0.4, 0.5) is 5.69 Å². The summed E-state index contributed by atoms with van der Waals surface area (Å²) in [4.78, 5) is 29.6. The molecule has 0 aliphatic carbocycles. The van der Waals surface area contributed by atoms with Crippen molar-refractivity contribution in [1.82, 2.24) is 14.5 Å². The Bertz CT molecular complexity index is 945. The highest BCUT2D eigenvalue weighted by atomic mass is 32.2. The number of hydrogen-bond acceptors (Lipinski definition) is 8. The number of anilines is 1. The molecule has 1 aromatic carbocycles. The molecule has 2 saturated heterocycles. The van der Waals surface area contributed by atoms with Crippen LogP contribution in [0.3, 0.4) is 0 Å². The van der Waals surface area contributed by atoms with E-state index in [1.165, 1.54) is 27.0 Å². The van der Waals surface area contributed by atoms with Gasteiger partial charge in [0, 0.05) is 44.2 Å². The Hall–Kier alpha value is -1.70. The maximum atomic E-state index is 13.0. The Morgan fingerprint density at radius 2 is 1.75 bits per heavy atom. The fourth-order valence-electron chi connectivity index (χ4n) is 3.83. The second-order valence-electron chi connectivity index (χ2n) is 7.72. The molecule has 0 atom stereocenters. The molecule has 0 aromatic heterocycles. The molecule has 0 saturated carbocycles. The molecule has 3 aliphatic rings. The molecule has 10 nitrogen and oxygen atoms in total. The van der Waals surface area contributed by atoms with E-state index < -0.39 is 10.0 Å². The number of carbonyl (C=O) groups is 2. The SMILES string of the molecule is O=C(CN1C(=O)CSc2ccc(S(=O)(=O)N3CCOCC3)cc21)NCCN1CCOCC1. The molecule has 0 bridgehead atoms. The second-order valence-corrected chi connectivity index (χ2v) is 10.7. The number of benzene rings is 1. The second kappa shape index (κ2) is 10.5. The smallest absolute Gasteiger partial charge is 0.243 e. The topological polar surface area (TPSA) is 108 Å². The van der Waals surface area contributed by atoms with Gasteiger partial charge in [-0.2, -0.15) is 4.31 Å². The minimum atomic E-state index is -3.70. The summed E-state index contributed by atoms with van der Waals surface area (Å²) in [5.74, 6) is -0.276. The molecule has 0 spiro atoms. The average molecular weight is 485 g/mol. The lowest BCUT2D eigenvalue weighted by molar-refractivity contribution is -0.123. The number of ether oxygens (including phenoxy) is 2. The number of thioether (sulfide) groups is 1. The highest BCUT2D eigenvalue weighted by Crippen LogP contribution is 2.37. The molecule has 4 rings (SSSR count). The Balaban J connectivity index is 1.44. The summed E-state index contributed by atoms with van der Waals surface area (Å²) >= 11 is 1.35. The lowest BCUT2D eigenvalue weighted by atomic mass is 10.2. The molecule has 1 N–H and O–H groups in total. The summed E-state index contributed by atoms with van der Waals surface area (Å²) < 4.78 is 38.0. The van der Waals surface area contributed by atoms with Crippen molar-refractivity contribution in [3.63, 3.8) is 0 Å². The number of nitrogens with one attached hydrogen (secondary N) is 1. The van der Waals surface area contributed by atoms with E-state index in [4.69, 9.17) is 9.47 Å². The van der Waals surface area contributed by atoms with Crippen LogP contribution in [0, 0.1) is 0 Å². The average Bonchev–Trinajstić information content (AvgIpc) is 2.82. The first-order valence-corrected chi connectivity index (χ1v) is 13.1. The van der Waals surface area contributed by atoms with E-state index in [-0.39, 0.29) is 29.0 Å². The van der Waals surface area contributed by atoms with Crippen LogP contribution in [0.1, 0.15) is 0 Å². The van der Waals surface area contributed by atoms with Gasteiger partial charge in [-0.25, -0.2) is 8.42 Å². The molecule has 3 heterocycles. The van der Waals surface area contributed by atoms with Crippen LogP contribution < -0.4 is 10.2 Å². The zero-order valence-electron chi connectivity index (χ0n) is 17.8. The van der Waals surface area contributed by atoms with Crippen LogP contribution in [0.15, 0.2) is 28.0 Å².